The van der Waals surface area contributed by atoms with Gasteiger partial charge in [0.2, 0.25) is 0 Å². The summed E-state index contributed by atoms with van der Waals surface area (Å²) in [7, 11) is 0. The van der Waals surface area contributed by atoms with Crippen LogP contribution in [0.15, 0.2) is 18.2 Å². The van der Waals surface area contributed by atoms with Crippen LogP contribution in [0.5, 0.6) is 0 Å². The third kappa shape index (κ3) is 2.54. The lowest BCUT2D eigenvalue weighted by Gasteiger charge is -2.33. The van der Waals surface area contributed by atoms with E-state index in [1.165, 1.54) is 24.0 Å². The second kappa shape index (κ2) is 5.36. The maximum absolute atomic E-state index is 12.7. The number of benzene rings is 1. The normalized spacial score (nSPS) is 25.0. The smallest absolute Gasteiger partial charge is 0.307 e. The van der Waals surface area contributed by atoms with Crippen LogP contribution in [0.25, 0.3) is 0 Å². The van der Waals surface area contributed by atoms with Gasteiger partial charge in [0.1, 0.15) is 0 Å². The number of carbonyl (C=O) groups is 2. The number of amides is 1. The van der Waals surface area contributed by atoms with Gasteiger partial charge in [0, 0.05) is 18.7 Å². The van der Waals surface area contributed by atoms with Crippen molar-refractivity contribution < 1.29 is 14.7 Å². The van der Waals surface area contributed by atoms with Gasteiger partial charge in [-0.05, 0) is 73.6 Å². The van der Waals surface area contributed by atoms with Crippen molar-refractivity contribution in [3.63, 3.8) is 0 Å². The van der Waals surface area contributed by atoms with E-state index in [2.05, 4.69) is 12.1 Å². The number of aryl methyl sites for hydroxylation is 2. The number of rotatable bonds is 2. The number of carbonyl (C=O) groups excluding carboxylic acids is 1. The molecule has 1 N–H and O–H groups in total. The molecule has 2 fully saturated rings. The van der Waals surface area contributed by atoms with Crippen molar-refractivity contribution in [3.8, 4) is 0 Å². The van der Waals surface area contributed by atoms with Crippen molar-refractivity contribution >= 4 is 11.9 Å². The van der Waals surface area contributed by atoms with Crippen LogP contribution in [-0.2, 0) is 17.6 Å². The molecule has 3 aliphatic rings. The topological polar surface area (TPSA) is 57.6 Å². The Morgan fingerprint density at radius 3 is 2.43 bits per heavy atom. The van der Waals surface area contributed by atoms with Crippen LogP contribution in [0.1, 0.15) is 53.6 Å². The fourth-order valence-electron chi connectivity index (χ4n) is 4.45. The second-order valence-electron chi connectivity index (χ2n) is 7.44. The molecule has 122 valence electrons. The molecule has 2 aliphatic carbocycles. The third-order valence-corrected chi connectivity index (χ3v) is 6.13. The van der Waals surface area contributed by atoms with Gasteiger partial charge in [-0.15, -0.1) is 0 Å². The molecular formula is C19H23NO3. The Bertz CT molecular complexity index is 659. The summed E-state index contributed by atoms with van der Waals surface area (Å²) in [5, 5.41) is 9.16. The van der Waals surface area contributed by atoms with E-state index < -0.39 is 5.97 Å². The number of piperidine rings is 1. The maximum Gasteiger partial charge on any atom is 0.307 e. The summed E-state index contributed by atoms with van der Waals surface area (Å²) in [4.78, 5) is 25.8. The molecule has 0 bridgehead atoms. The fraction of sp³-hybridized carbons (Fsp3) is 0.579. The largest absolute Gasteiger partial charge is 0.481 e. The van der Waals surface area contributed by atoms with Crippen LogP contribution >= 0.6 is 0 Å². The van der Waals surface area contributed by atoms with Crippen molar-refractivity contribution in [3.05, 3.63) is 34.9 Å². The summed E-state index contributed by atoms with van der Waals surface area (Å²) < 4.78 is 0. The van der Waals surface area contributed by atoms with Gasteiger partial charge in [-0.3, -0.25) is 9.59 Å². The van der Waals surface area contributed by atoms with E-state index >= 15 is 0 Å². The van der Waals surface area contributed by atoms with E-state index in [1.807, 2.05) is 11.0 Å². The minimum atomic E-state index is -0.667. The van der Waals surface area contributed by atoms with Gasteiger partial charge in [-0.25, -0.2) is 0 Å². The molecule has 1 atom stereocenters. The van der Waals surface area contributed by atoms with Crippen molar-refractivity contribution in [1.29, 1.82) is 0 Å². The first-order valence-corrected chi connectivity index (χ1v) is 8.73. The lowest BCUT2D eigenvalue weighted by molar-refractivity contribution is -0.139. The van der Waals surface area contributed by atoms with Crippen LogP contribution in [0.2, 0.25) is 0 Å². The van der Waals surface area contributed by atoms with Crippen molar-refractivity contribution in [2.45, 2.75) is 44.9 Å². The molecule has 1 unspecified atom stereocenters. The van der Waals surface area contributed by atoms with Crippen LogP contribution in [0.4, 0.5) is 0 Å². The molecule has 1 amide bonds. The first-order valence-electron chi connectivity index (χ1n) is 8.73. The van der Waals surface area contributed by atoms with Crippen LogP contribution < -0.4 is 0 Å². The van der Waals surface area contributed by atoms with E-state index in [9.17, 15) is 9.59 Å². The van der Waals surface area contributed by atoms with Gasteiger partial charge in [0.05, 0.1) is 5.92 Å². The summed E-state index contributed by atoms with van der Waals surface area (Å²) in [6.45, 7) is 1.39. The highest BCUT2D eigenvalue weighted by molar-refractivity contribution is 5.94. The van der Waals surface area contributed by atoms with E-state index in [0.717, 1.165) is 37.7 Å². The van der Waals surface area contributed by atoms with Crippen LogP contribution in [0, 0.1) is 11.3 Å². The predicted octanol–water partition coefficient (Wildman–Crippen LogP) is 2.89. The second-order valence-corrected chi connectivity index (χ2v) is 7.44. The standard InChI is InChI=1S/C19H23NO3/c21-17(15-6-5-13-3-1-2-4-14(13)11-15)20-9-7-19(8-10-20)12-16(19)18(22)23/h5-6,11,16H,1-4,7-10,12H2,(H,22,23). The van der Waals surface area contributed by atoms with Gasteiger partial charge in [0.15, 0.2) is 0 Å². The average Bonchev–Trinajstić information content (AvgIpc) is 3.28. The van der Waals surface area contributed by atoms with Gasteiger partial charge in [0.25, 0.3) is 5.91 Å². The van der Waals surface area contributed by atoms with Gasteiger partial charge in [-0.1, -0.05) is 6.07 Å². The Balaban J connectivity index is 1.43. The van der Waals surface area contributed by atoms with Crippen molar-refractivity contribution in [2.24, 2.45) is 11.3 Å². The Morgan fingerprint density at radius 1 is 1.09 bits per heavy atom. The summed E-state index contributed by atoms with van der Waals surface area (Å²) in [6, 6.07) is 6.17. The molecule has 4 rings (SSSR count). The molecule has 1 saturated carbocycles. The number of likely N-dealkylation sites (tertiary alicyclic amines) is 1. The zero-order valence-corrected chi connectivity index (χ0v) is 13.4. The highest BCUT2D eigenvalue weighted by Gasteiger charge is 2.59. The SMILES string of the molecule is O=C(O)C1CC12CCN(C(=O)c1ccc3c(c1)CCCC3)CC2. The molecule has 4 nitrogen and oxygen atoms in total. The minimum absolute atomic E-state index is 0.0154. The lowest BCUT2D eigenvalue weighted by Crippen LogP contribution is -2.40. The van der Waals surface area contributed by atoms with Crippen LogP contribution in [-0.4, -0.2) is 35.0 Å². The van der Waals surface area contributed by atoms with Crippen LogP contribution in [0.3, 0.4) is 0 Å². The maximum atomic E-state index is 12.7. The van der Waals surface area contributed by atoms with E-state index in [-0.39, 0.29) is 17.2 Å². The van der Waals surface area contributed by atoms with Crippen molar-refractivity contribution in [1.82, 2.24) is 4.90 Å². The molecule has 23 heavy (non-hydrogen) atoms. The first-order chi connectivity index (χ1) is 11.1. The zero-order chi connectivity index (χ0) is 16.0. The summed E-state index contributed by atoms with van der Waals surface area (Å²) in [5.41, 5.74) is 3.52. The number of fused-ring (bicyclic) bond motifs is 1. The number of carboxylic acid groups (broad SMARTS) is 1. The lowest BCUT2D eigenvalue weighted by atomic mass is 9.89. The van der Waals surface area contributed by atoms with Gasteiger partial charge < -0.3 is 10.0 Å². The monoisotopic (exact) mass is 313 g/mol. The molecule has 1 aromatic rings. The fourth-order valence-corrected chi connectivity index (χ4v) is 4.45. The first kappa shape index (κ1) is 14.7. The van der Waals surface area contributed by atoms with E-state index in [1.54, 1.807) is 0 Å². The third-order valence-electron chi connectivity index (χ3n) is 6.13. The molecule has 4 heteroatoms. The number of carboxylic acids is 1. The molecule has 0 radical (unpaired) electrons. The molecule has 1 spiro atoms. The van der Waals surface area contributed by atoms with Gasteiger partial charge >= 0.3 is 5.97 Å². The Morgan fingerprint density at radius 2 is 1.78 bits per heavy atom. The van der Waals surface area contributed by atoms with E-state index in [0.29, 0.717) is 13.1 Å². The number of nitrogens with zero attached hydrogens (tertiary/aromatic N) is 1. The molecule has 1 saturated heterocycles. The Labute approximate surface area is 136 Å². The highest BCUT2D eigenvalue weighted by atomic mass is 16.4. The quantitative estimate of drug-likeness (QED) is 0.913. The molecule has 1 aliphatic heterocycles. The molecule has 0 aromatic heterocycles. The average molecular weight is 313 g/mol. The zero-order valence-electron chi connectivity index (χ0n) is 13.4. The number of aliphatic carboxylic acids is 1. The molecule has 1 aromatic carbocycles. The molecule has 1 heterocycles. The highest BCUT2D eigenvalue weighted by Crippen LogP contribution is 2.59. The predicted molar refractivity (Wildman–Crippen MR) is 86.4 cm³/mol. The Hall–Kier alpha value is -1.84. The summed E-state index contributed by atoms with van der Waals surface area (Å²) >= 11 is 0. The van der Waals surface area contributed by atoms with E-state index in [4.69, 9.17) is 5.11 Å². The minimum Gasteiger partial charge on any atom is -0.481 e. The number of hydrogen-bond acceptors (Lipinski definition) is 2. The Kier molecular flexibility index (Phi) is 3.43. The van der Waals surface area contributed by atoms with Gasteiger partial charge in [-0.2, -0.15) is 0 Å². The molecular weight excluding hydrogens is 290 g/mol. The summed E-state index contributed by atoms with van der Waals surface area (Å²) in [5.74, 6) is -0.733. The van der Waals surface area contributed by atoms with Crippen molar-refractivity contribution in [2.75, 3.05) is 13.1 Å². The summed E-state index contributed by atoms with van der Waals surface area (Å²) in [6.07, 6.45) is 7.14. The number of hydrogen-bond donors (Lipinski definition) is 1.